The molecule has 0 aliphatic carbocycles. The fourth-order valence-corrected chi connectivity index (χ4v) is 4.54. The normalized spacial score (nSPS) is 12.4. The lowest BCUT2D eigenvalue weighted by Gasteiger charge is -2.15. The van der Waals surface area contributed by atoms with Gasteiger partial charge in [0.25, 0.3) is 0 Å². The van der Waals surface area contributed by atoms with Crippen molar-refractivity contribution < 1.29 is 9.47 Å². The Hall–Kier alpha value is -0.720. The van der Waals surface area contributed by atoms with E-state index >= 15 is 0 Å². The monoisotopic (exact) mass is 920 g/mol. The van der Waals surface area contributed by atoms with Crippen molar-refractivity contribution in [3.63, 3.8) is 0 Å². The van der Waals surface area contributed by atoms with Gasteiger partial charge in [-0.2, -0.15) is 0 Å². The van der Waals surface area contributed by atoms with E-state index in [9.17, 15) is 0 Å². The van der Waals surface area contributed by atoms with Crippen molar-refractivity contribution in [2.24, 2.45) is 0 Å². The highest BCUT2D eigenvalue weighted by Crippen LogP contribution is 2.42. The van der Waals surface area contributed by atoms with E-state index in [1.54, 1.807) is 36.4 Å². The van der Waals surface area contributed by atoms with Gasteiger partial charge in [0.1, 0.15) is 11.5 Å². The molecule has 50 heavy (non-hydrogen) atoms. The van der Waals surface area contributed by atoms with E-state index < -0.39 is 15.2 Å². The van der Waals surface area contributed by atoms with E-state index in [1.807, 2.05) is 31.2 Å². The first kappa shape index (κ1) is 43.7. The SMILES string of the molecule is CCCCOc1ccc(-c2nc(C(Cl)(Cl)Cl)nc(C(Cl)(Cl)Cl)n2)cc1.CCOc1ccc(C=Cc2nc(C(Cl)(Cl)Cl)nc(C(Cl)(Cl)Cl)n2)cc1. The van der Waals surface area contributed by atoms with Crippen LogP contribution in [0.5, 0.6) is 11.5 Å². The van der Waals surface area contributed by atoms with Crippen LogP contribution in [0.1, 0.15) is 61.4 Å². The smallest absolute Gasteiger partial charge is 0.250 e. The second-order valence-corrected chi connectivity index (χ2v) is 18.8. The molecule has 4 rings (SSSR count). The van der Waals surface area contributed by atoms with E-state index in [0.717, 1.165) is 29.9 Å². The summed E-state index contributed by atoms with van der Waals surface area (Å²) in [4.78, 5) is 24.3. The molecule has 0 spiro atoms. The van der Waals surface area contributed by atoms with Crippen LogP contribution >= 0.6 is 139 Å². The van der Waals surface area contributed by atoms with E-state index in [2.05, 4.69) is 36.8 Å². The third-order valence-corrected chi connectivity index (χ3v) is 7.83. The Bertz CT molecular complexity index is 1660. The zero-order valence-electron chi connectivity index (χ0n) is 25.6. The van der Waals surface area contributed by atoms with Gasteiger partial charge in [0, 0.05) is 5.56 Å². The lowest BCUT2D eigenvalue weighted by Crippen LogP contribution is -2.16. The third-order valence-electron chi connectivity index (χ3n) is 5.80. The minimum atomic E-state index is -1.88. The maximum absolute atomic E-state index is 5.87. The Morgan fingerprint density at radius 3 is 1.36 bits per heavy atom. The van der Waals surface area contributed by atoms with Crippen LogP contribution < -0.4 is 9.47 Å². The predicted octanol–water partition coefficient (Wildman–Crippen LogP) is 12.5. The average molecular weight is 926 g/mol. The molecule has 20 heteroatoms. The second kappa shape index (κ2) is 19.0. The van der Waals surface area contributed by atoms with Crippen molar-refractivity contribution >= 4 is 151 Å². The molecule has 0 amide bonds. The number of ether oxygens (including phenoxy) is 2. The highest BCUT2D eigenvalue weighted by Gasteiger charge is 2.35. The van der Waals surface area contributed by atoms with Gasteiger partial charge in [-0.3, -0.25) is 0 Å². The van der Waals surface area contributed by atoms with Gasteiger partial charge in [0.05, 0.1) is 13.2 Å². The van der Waals surface area contributed by atoms with Gasteiger partial charge in [-0.05, 0) is 61.4 Å². The summed E-state index contributed by atoms with van der Waals surface area (Å²) in [6, 6.07) is 14.5. The Morgan fingerprint density at radius 1 is 0.520 bits per heavy atom. The van der Waals surface area contributed by atoms with Crippen LogP contribution in [0.2, 0.25) is 0 Å². The molecular formula is C30H24Cl12N6O2. The van der Waals surface area contributed by atoms with Crippen LogP contribution in [0.3, 0.4) is 0 Å². The van der Waals surface area contributed by atoms with Gasteiger partial charge < -0.3 is 9.47 Å². The Kier molecular flexibility index (Phi) is 16.6. The summed E-state index contributed by atoms with van der Waals surface area (Å²) < 4.78 is 3.47. The summed E-state index contributed by atoms with van der Waals surface area (Å²) in [5.74, 6) is 1.37. The van der Waals surface area contributed by atoms with Gasteiger partial charge in [0.2, 0.25) is 15.2 Å². The fourth-order valence-electron chi connectivity index (χ4n) is 3.53. The number of hydrogen-bond acceptors (Lipinski definition) is 8. The van der Waals surface area contributed by atoms with Gasteiger partial charge >= 0.3 is 0 Å². The molecule has 0 saturated carbocycles. The first-order valence-corrected chi connectivity index (χ1v) is 18.7. The maximum atomic E-state index is 5.87. The van der Waals surface area contributed by atoms with Crippen LogP contribution in [0.4, 0.5) is 0 Å². The van der Waals surface area contributed by atoms with Crippen LogP contribution in [0.15, 0.2) is 48.5 Å². The first-order valence-electron chi connectivity index (χ1n) is 14.2. The second-order valence-electron chi connectivity index (χ2n) is 9.70. The van der Waals surface area contributed by atoms with E-state index in [4.69, 9.17) is 149 Å². The summed E-state index contributed by atoms with van der Waals surface area (Å²) in [5, 5.41) is 0. The van der Waals surface area contributed by atoms with Crippen molar-refractivity contribution in [1.82, 2.24) is 29.9 Å². The molecule has 0 unspecified atom stereocenters. The third kappa shape index (κ3) is 14.3. The topological polar surface area (TPSA) is 95.8 Å². The Balaban J connectivity index is 0.000000270. The summed E-state index contributed by atoms with van der Waals surface area (Å²) in [7, 11) is 0. The number of halogens is 12. The largest absolute Gasteiger partial charge is 0.494 e. The lowest BCUT2D eigenvalue weighted by atomic mass is 10.2. The molecule has 2 heterocycles. The standard InChI is InChI=1S/C15H11Cl6N3O.C15H13Cl6N3O/c1-2-25-10-6-3-9(4-7-10)5-8-11-22-12(14(16,17)18)24-13(23-11)15(19,20)21;1-2-3-8-25-10-6-4-9(5-7-10)11-22-12(14(16,17)18)24-13(23-11)15(19,20)21/h3-8H,2H2,1H3;4-7H,2-3,8H2,1H3. The molecule has 270 valence electrons. The minimum Gasteiger partial charge on any atom is -0.494 e. The zero-order chi connectivity index (χ0) is 37.3. The molecule has 0 atom stereocenters. The number of alkyl halides is 12. The van der Waals surface area contributed by atoms with Gasteiger partial charge in [-0.25, -0.2) is 29.9 Å². The molecular weight excluding hydrogens is 902 g/mol. The van der Waals surface area contributed by atoms with Crippen LogP contribution in [-0.2, 0) is 15.2 Å². The number of nitrogens with zero attached hydrogens (tertiary/aromatic N) is 6. The molecule has 0 aliphatic rings. The zero-order valence-corrected chi connectivity index (χ0v) is 34.7. The number of hydrogen-bond donors (Lipinski definition) is 0. The first-order chi connectivity index (χ1) is 23.2. The summed E-state index contributed by atoms with van der Waals surface area (Å²) in [6.07, 6.45) is 5.39. The molecule has 0 bridgehead atoms. The van der Waals surface area contributed by atoms with E-state index in [1.165, 1.54) is 0 Å². The summed E-state index contributed by atoms with van der Waals surface area (Å²) >= 11 is 70.2. The van der Waals surface area contributed by atoms with Crippen LogP contribution in [-0.4, -0.2) is 43.1 Å². The van der Waals surface area contributed by atoms with Gasteiger partial charge in [0.15, 0.2) is 34.9 Å². The molecule has 2 aromatic carbocycles. The number of unbranched alkanes of at least 4 members (excludes halogenated alkanes) is 1. The number of aromatic nitrogens is 6. The van der Waals surface area contributed by atoms with Gasteiger partial charge in [-0.15, -0.1) is 0 Å². The van der Waals surface area contributed by atoms with Crippen molar-refractivity contribution in [2.75, 3.05) is 13.2 Å². The molecule has 0 fully saturated rings. The minimum absolute atomic E-state index is 0.132. The molecule has 0 radical (unpaired) electrons. The Morgan fingerprint density at radius 2 is 0.940 bits per heavy atom. The van der Waals surface area contributed by atoms with E-state index in [-0.39, 0.29) is 34.9 Å². The van der Waals surface area contributed by atoms with E-state index in [0.29, 0.717) is 18.8 Å². The molecule has 8 nitrogen and oxygen atoms in total. The highest BCUT2D eigenvalue weighted by molar-refractivity contribution is 6.68. The molecule has 4 aromatic rings. The highest BCUT2D eigenvalue weighted by atomic mass is 35.6. The summed E-state index contributed by atoms with van der Waals surface area (Å²) in [6.45, 7) is 5.26. The molecule has 0 N–H and O–H groups in total. The Labute approximate surface area is 348 Å². The van der Waals surface area contributed by atoms with Crippen LogP contribution in [0.25, 0.3) is 23.5 Å². The number of rotatable bonds is 9. The maximum Gasteiger partial charge on any atom is 0.250 e. The van der Waals surface area contributed by atoms with Crippen molar-refractivity contribution in [1.29, 1.82) is 0 Å². The van der Waals surface area contributed by atoms with Crippen LogP contribution in [0, 0.1) is 0 Å². The fraction of sp³-hybridized carbons (Fsp3) is 0.333. The predicted molar refractivity (Wildman–Crippen MR) is 209 cm³/mol. The molecule has 0 saturated heterocycles. The average Bonchev–Trinajstić information content (AvgIpc) is 3.03. The molecule has 2 aromatic heterocycles. The quantitative estimate of drug-likeness (QED) is 0.121. The van der Waals surface area contributed by atoms with Crippen molar-refractivity contribution in [3.8, 4) is 22.9 Å². The van der Waals surface area contributed by atoms with Gasteiger partial charge in [-0.1, -0.05) is 171 Å². The number of benzene rings is 2. The van der Waals surface area contributed by atoms with Crippen molar-refractivity contribution in [3.05, 3.63) is 83.2 Å². The molecule has 0 aliphatic heterocycles. The van der Waals surface area contributed by atoms with Crippen molar-refractivity contribution in [2.45, 2.75) is 41.9 Å². The summed E-state index contributed by atoms with van der Waals surface area (Å²) in [5.41, 5.74) is 1.52. The lowest BCUT2D eigenvalue weighted by molar-refractivity contribution is 0.309.